The molecule has 2 N–H and O–H groups in total. The lowest BCUT2D eigenvalue weighted by Gasteiger charge is -2.42. The summed E-state index contributed by atoms with van der Waals surface area (Å²) >= 11 is 0. The fourth-order valence-corrected chi connectivity index (χ4v) is 2.49. The van der Waals surface area contributed by atoms with E-state index < -0.39 is 0 Å². The fraction of sp³-hybridized carbons (Fsp3) is 1.00. The van der Waals surface area contributed by atoms with Crippen molar-refractivity contribution in [1.82, 2.24) is 4.90 Å². The van der Waals surface area contributed by atoms with E-state index in [1.807, 2.05) is 0 Å². The van der Waals surface area contributed by atoms with E-state index in [1.54, 1.807) is 7.11 Å². The lowest BCUT2D eigenvalue weighted by molar-refractivity contribution is -0.0571. The molecule has 4 nitrogen and oxygen atoms in total. The molecule has 1 aliphatic heterocycles. The highest BCUT2D eigenvalue weighted by molar-refractivity contribution is 4.86. The molecule has 0 saturated carbocycles. The predicted molar refractivity (Wildman–Crippen MR) is 70.2 cm³/mol. The Morgan fingerprint density at radius 2 is 2.24 bits per heavy atom. The molecule has 2 unspecified atom stereocenters. The summed E-state index contributed by atoms with van der Waals surface area (Å²) in [6.07, 6.45) is 2.08. The van der Waals surface area contributed by atoms with E-state index in [0.29, 0.717) is 18.6 Å². The third-order valence-electron chi connectivity index (χ3n) is 3.77. The normalized spacial score (nSPS) is 24.9. The lowest BCUT2D eigenvalue weighted by atomic mass is 9.96. The second-order valence-corrected chi connectivity index (χ2v) is 5.43. The zero-order chi connectivity index (χ0) is 12.9. The average Bonchev–Trinajstić information content (AvgIpc) is 2.36. The van der Waals surface area contributed by atoms with Crippen molar-refractivity contribution in [1.29, 1.82) is 0 Å². The Hall–Kier alpha value is -0.160. The van der Waals surface area contributed by atoms with Gasteiger partial charge in [-0.15, -0.1) is 0 Å². The molecule has 0 aliphatic carbocycles. The van der Waals surface area contributed by atoms with Crippen molar-refractivity contribution in [3.63, 3.8) is 0 Å². The molecule has 0 aromatic heterocycles. The zero-order valence-corrected chi connectivity index (χ0v) is 11.7. The van der Waals surface area contributed by atoms with Crippen LogP contribution in [-0.4, -0.2) is 56.0 Å². The summed E-state index contributed by atoms with van der Waals surface area (Å²) in [5, 5.41) is 0. The second kappa shape index (κ2) is 6.69. The van der Waals surface area contributed by atoms with Gasteiger partial charge in [0.2, 0.25) is 0 Å². The van der Waals surface area contributed by atoms with Gasteiger partial charge < -0.3 is 15.2 Å². The molecule has 0 amide bonds. The summed E-state index contributed by atoms with van der Waals surface area (Å²) in [7, 11) is 1.77. The molecule has 1 aliphatic rings. The highest BCUT2D eigenvalue weighted by Crippen LogP contribution is 2.22. The van der Waals surface area contributed by atoms with Crippen molar-refractivity contribution >= 4 is 0 Å². The van der Waals surface area contributed by atoms with Gasteiger partial charge >= 0.3 is 0 Å². The molecule has 0 aromatic carbocycles. The average molecular weight is 244 g/mol. The smallest absolute Gasteiger partial charge is 0.0638 e. The van der Waals surface area contributed by atoms with Crippen LogP contribution in [0.4, 0.5) is 0 Å². The van der Waals surface area contributed by atoms with Crippen LogP contribution in [-0.2, 0) is 9.47 Å². The molecule has 1 fully saturated rings. The van der Waals surface area contributed by atoms with E-state index >= 15 is 0 Å². The number of hydrogen-bond donors (Lipinski definition) is 1. The molecular weight excluding hydrogens is 216 g/mol. The Balaban J connectivity index is 2.64. The van der Waals surface area contributed by atoms with Crippen LogP contribution in [0, 0.1) is 0 Å². The van der Waals surface area contributed by atoms with E-state index in [4.69, 9.17) is 15.2 Å². The Morgan fingerprint density at radius 1 is 1.53 bits per heavy atom. The minimum absolute atomic E-state index is 0.110. The number of hydrogen-bond acceptors (Lipinski definition) is 4. The van der Waals surface area contributed by atoms with E-state index in [2.05, 4.69) is 25.7 Å². The van der Waals surface area contributed by atoms with Crippen molar-refractivity contribution in [2.45, 2.75) is 51.3 Å². The van der Waals surface area contributed by atoms with E-state index in [-0.39, 0.29) is 5.60 Å². The number of morpholine rings is 1. The van der Waals surface area contributed by atoms with Gasteiger partial charge in [0.1, 0.15) is 0 Å². The lowest BCUT2D eigenvalue weighted by Crippen LogP contribution is -2.54. The minimum atomic E-state index is -0.110. The highest BCUT2D eigenvalue weighted by atomic mass is 16.5. The van der Waals surface area contributed by atoms with Crippen LogP contribution in [0.5, 0.6) is 0 Å². The topological polar surface area (TPSA) is 47.7 Å². The first-order valence-corrected chi connectivity index (χ1v) is 6.62. The van der Waals surface area contributed by atoms with Gasteiger partial charge in [0, 0.05) is 32.3 Å². The maximum absolute atomic E-state index is 5.94. The quantitative estimate of drug-likeness (QED) is 0.763. The van der Waals surface area contributed by atoms with E-state index in [0.717, 1.165) is 32.6 Å². The standard InChI is InChI=1S/C13H28N2O2/c1-5-11-10-17-7-6-15(11)12(9-14)8-13(2,3)16-4/h11-12H,5-10,14H2,1-4H3. The third-order valence-corrected chi connectivity index (χ3v) is 3.77. The summed E-state index contributed by atoms with van der Waals surface area (Å²) in [6.45, 7) is 9.78. The Bertz CT molecular complexity index is 221. The van der Waals surface area contributed by atoms with Gasteiger partial charge in [-0.1, -0.05) is 6.92 Å². The molecule has 0 spiro atoms. The van der Waals surface area contributed by atoms with Gasteiger partial charge in [-0.3, -0.25) is 4.90 Å². The molecule has 1 heterocycles. The van der Waals surface area contributed by atoms with Crippen molar-refractivity contribution in [3.8, 4) is 0 Å². The molecule has 2 atom stereocenters. The maximum atomic E-state index is 5.94. The first-order chi connectivity index (χ1) is 8.04. The number of rotatable bonds is 6. The fourth-order valence-electron chi connectivity index (χ4n) is 2.49. The number of ether oxygens (including phenoxy) is 2. The van der Waals surface area contributed by atoms with Crippen LogP contribution in [0.15, 0.2) is 0 Å². The molecule has 1 saturated heterocycles. The van der Waals surface area contributed by atoms with Crippen molar-refractivity contribution in [3.05, 3.63) is 0 Å². The number of nitrogens with two attached hydrogens (primary N) is 1. The van der Waals surface area contributed by atoms with Gasteiger partial charge in [0.15, 0.2) is 0 Å². The van der Waals surface area contributed by atoms with Crippen LogP contribution in [0.25, 0.3) is 0 Å². The Kier molecular flexibility index (Phi) is 5.86. The SMILES string of the molecule is CCC1COCCN1C(CN)CC(C)(C)OC. The van der Waals surface area contributed by atoms with Crippen molar-refractivity contribution < 1.29 is 9.47 Å². The second-order valence-electron chi connectivity index (χ2n) is 5.43. The molecule has 0 aromatic rings. The molecule has 102 valence electrons. The molecular formula is C13H28N2O2. The van der Waals surface area contributed by atoms with Crippen LogP contribution >= 0.6 is 0 Å². The molecule has 0 bridgehead atoms. The van der Waals surface area contributed by atoms with Crippen molar-refractivity contribution in [2.75, 3.05) is 33.4 Å². The summed E-state index contributed by atoms with van der Waals surface area (Å²) in [4.78, 5) is 2.50. The Morgan fingerprint density at radius 3 is 2.76 bits per heavy atom. The van der Waals surface area contributed by atoms with Crippen molar-refractivity contribution in [2.24, 2.45) is 5.73 Å². The number of nitrogens with zero attached hydrogens (tertiary/aromatic N) is 1. The highest BCUT2D eigenvalue weighted by Gasteiger charge is 2.31. The van der Waals surface area contributed by atoms with E-state index in [1.165, 1.54) is 0 Å². The maximum Gasteiger partial charge on any atom is 0.0638 e. The first kappa shape index (κ1) is 14.9. The Labute approximate surface area is 105 Å². The first-order valence-electron chi connectivity index (χ1n) is 6.62. The van der Waals surface area contributed by atoms with Gasteiger partial charge in [-0.05, 0) is 26.7 Å². The molecule has 0 radical (unpaired) electrons. The number of methoxy groups -OCH3 is 1. The summed E-state index contributed by atoms with van der Waals surface area (Å²) in [5.41, 5.74) is 5.83. The monoisotopic (exact) mass is 244 g/mol. The van der Waals surface area contributed by atoms with Gasteiger partial charge in [0.05, 0.1) is 18.8 Å². The van der Waals surface area contributed by atoms with Crippen LogP contribution < -0.4 is 5.73 Å². The van der Waals surface area contributed by atoms with Gasteiger partial charge in [0.25, 0.3) is 0 Å². The summed E-state index contributed by atoms with van der Waals surface area (Å²) < 4.78 is 11.1. The third kappa shape index (κ3) is 4.21. The zero-order valence-electron chi connectivity index (χ0n) is 11.7. The van der Waals surface area contributed by atoms with Gasteiger partial charge in [-0.25, -0.2) is 0 Å². The molecule has 17 heavy (non-hydrogen) atoms. The van der Waals surface area contributed by atoms with E-state index in [9.17, 15) is 0 Å². The largest absolute Gasteiger partial charge is 0.379 e. The van der Waals surface area contributed by atoms with Gasteiger partial charge in [-0.2, -0.15) is 0 Å². The summed E-state index contributed by atoms with van der Waals surface area (Å²) in [5.74, 6) is 0. The molecule has 1 rings (SSSR count). The molecule has 4 heteroatoms. The van der Waals surface area contributed by atoms with Crippen LogP contribution in [0.3, 0.4) is 0 Å². The summed E-state index contributed by atoms with van der Waals surface area (Å²) in [6, 6.07) is 0.892. The minimum Gasteiger partial charge on any atom is -0.379 e. The van der Waals surface area contributed by atoms with Crippen LogP contribution in [0.2, 0.25) is 0 Å². The van der Waals surface area contributed by atoms with Crippen LogP contribution in [0.1, 0.15) is 33.6 Å². The predicted octanol–water partition coefficient (Wildman–Crippen LogP) is 1.24.